The Labute approximate surface area is 157 Å². The van der Waals surface area contributed by atoms with E-state index in [2.05, 4.69) is 20.8 Å². The van der Waals surface area contributed by atoms with Crippen LogP contribution in [0.2, 0.25) is 0 Å². The Hall–Kier alpha value is 0. The van der Waals surface area contributed by atoms with E-state index in [0.717, 1.165) is 53.3 Å². The van der Waals surface area contributed by atoms with Gasteiger partial charge in [-0.2, -0.15) is 0 Å². The van der Waals surface area contributed by atoms with E-state index in [1.807, 2.05) is 0 Å². The van der Waals surface area contributed by atoms with Crippen LogP contribution in [0.15, 0.2) is 0 Å². The van der Waals surface area contributed by atoms with E-state index < -0.39 is 0 Å². The summed E-state index contributed by atoms with van der Waals surface area (Å²) in [5.41, 5.74) is 0. The predicted octanol–water partition coefficient (Wildman–Crippen LogP) is 7.72. The molecule has 0 aromatic rings. The zero-order chi connectivity index (χ0) is 17.4. The standard InChI is InChI=1S/C25H44/c1-17(2)23(20-9-4-5-10-20)25(21-11-6-7-12-21)24(22-15-16-22)18(3)19-13-8-14-19/h17-25H,4-16H2,1-3H3. The van der Waals surface area contributed by atoms with Gasteiger partial charge in [0.25, 0.3) is 0 Å². The molecule has 25 heavy (non-hydrogen) atoms. The smallest absolute Gasteiger partial charge is 0.0319 e. The maximum atomic E-state index is 2.70. The van der Waals surface area contributed by atoms with Crippen molar-refractivity contribution >= 4 is 0 Å². The van der Waals surface area contributed by atoms with E-state index in [4.69, 9.17) is 0 Å². The van der Waals surface area contributed by atoms with Gasteiger partial charge in [-0.1, -0.05) is 91.4 Å². The van der Waals surface area contributed by atoms with Crippen LogP contribution in [-0.2, 0) is 0 Å². The molecular weight excluding hydrogens is 300 g/mol. The summed E-state index contributed by atoms with van der Waals surface area (Å²) in [5.74, 6) is 9.49. The van der Waals surface area contributed by atoms with Crippen molar-refractivity contribution < 1.29 is 0 Å². The lowest BCUT2D eigenvalue weighted by Crippen LogP contribution is -2.42. The van der Waals surface area contributed by atoms with Crippen molar-refractivity contribution in [2.45, 2.75) is 104 Å². The van der Waals surface area contributed by atoms with Gasteiger partial charge in [0, 0.05) is 0 Å². The van der Waals surface area contributed by atoms with Gasteiger partial charge >= 0.3 is 0 Å². The first-order valence-corrected chi connectivity index (χ1v) is 12.2. The Bertz CT molecular complexity index is 404. The monoisotopic (exact) mass is 344 g/mol. The van der Waals surface area contributed by atoms with Crippen LogP contribution in [-0.4, -0.2) is 0 Å². The molecule has 4 aliphatic rings. The molecular formula is C25H44. The van der Waals surface area contributed by atoms with Gasteiger partial charge in [0.2, 0.25) is 0 Å². The average molecular weight is 345 g/mol. The molecule has 0 nitrogen and oxygen atoms in total. The summed E-state index contributed by atoms with van der Waals surface area (Å²) < 4.78 is 0. The van der Waals surface area contributed by atoms with E-state index in [-0.39, 0.29) is 0 Å². The molecule has 144 valence electrons. The second-order valence-electron chi connectivity index (χ2n) is 11.0. The Morgan fingerprint density at radius 1 is 0.440 bits per heavy atom. The summed E-state index contributed by atoms with van der Waals surface area (Å²) in [5, 5.41) is 0. The van der Waals surface area contributed by atoms with Crippen molar-refractivity contribution in [3.05, 3.63) is 0 Å². The number of rotatable bonds is 8. The van der Waals surface area contributed by atoms with E-state index >= 15 is 0 Å². The summed E-state index contributed by atoms with van der Waals surface area (Å²) in [4.78, 5) is 0. The largest absolute Gasteiger partial charge is 0.0625 e. The van der Waals surface area contributed by atoms with Crippen molar-refractivity contribution in [1.29, 1.82) is 0 Å². The fourth-order valence-electron chi connectivity index (χ4n) is 7.73. The molecule has 4 rings (SSSR count). The minimum atomic E-state index is 0.906. The molecule has 0 spiro atoms. The molecule has 0 aromatic carbocycles. The predicted molar refractivity (Wildman–Crippen MR) is 108 cm³/mol. The van der Waals surface area contributed by atoms with E-state index in [1.54, 1.807) is 51.4 Å². The van der Waals surface area contributed by atoms with Gasteiger partial charge in [0.15, 0.2) is 0 Å². The molecule has 0 heteroatoms. The van der Waals surface area contributed by atoms with Crippen LogP contribution in [0.25, 0.3) is 0 Å². The Morgan fingerprint density at radius 3 is 1.28 bits per heavy atom. The molecule has 4 unspecified atom stereocenters. The van der Waals surface area contributed by atoms with Crippen molar-refractivity contribution in [1.82, 2.24) is 0 Å². The molecule has 0 saturated heterocycles. The average Bonchev–Trinajstić information content (AvgIpc) is 3.01. The molecule has 0 aliphatic heterocycles. The lowest BCUT2D eigenvalue weighted by atomic mass is 9.57. The van der Waals surface area contributed by atoms with Crippen molar-refractivity contribution in [3.8, 4) is 0 Å². The second-order valence-corrected chi connectivity index (χ2v) is 11.0. The van der Waals surface area contributed by atoms with Crippen LogP contribution in [0.3, 0.4) is 0 Å². The second kappa shape index (κ2) is 7.93. The lowest BCUT2D eigenvalue weighted by Gasteiger charge is -2.48. The molecule has 4 saturated carbocycles. The van der Waals surface area contributed by atoms with Crippen LogP contribution < -0.4 is 0 Å². The van der Waals surface area contributed by atoms with Gasteiger partial charge in [0.05, 0.1) is 0 Å². The molecule has 4 atom stereocenters. The van der Waals surface area contributed by atoms with Gasteiger partial charge in [0.1, 0.15) is 0 Å². The summed E-state index contributed by atoms with van der Waals surface area (Å²) in [7, 11) is 0. The van der Waals surface area contributed by atoms with Crippen LogP contribution in [0, 0.1) is 53.3 Å². The Kier molecular flexibility index (Phi) is 5.83. The highest BCUT2D eigenvalue weighted by molar-refractivity contribution is 4.99. The molecule has 0 bridgehead atoms. The van der Waals surface area contributed by atoms with Gasteiger partial charge in [-0.05, 0) is 66.1 Å². The van der Waals surface area contributed by atoms with Crippen LogP contribution >= 0.6 is 0 Å². The van der Waals surface area contributed by atoms with E-state index in [0.29, 0.717) is 0 Å². The van der Waals surface area contributed by atoms with Crippen LogP contribution in [0.1, 0.15) is 104 Å². The Balaban J connectivity index is 1.62. The highest BCUT2D eigenvalue weighted by atomic mass is 14.5. The SMILES string of the molecule is CC(C)C(C1CCCC1)C(C1CCCC1)C(C1CC1)C(C)C1CCC1. The minimum absolute atomic E-state index is 0.906. The molecule has 0 heterocycles. The molecule has 4 fully saturated rings. The zero-order valence-electron chi connectivity index (χ0n) is 17.4. The Morgan fingerprint density at radius 2 is 0.880 bits per heavy atom. The maximum absolute atomic E-state index is 2.70. The third kappa shape index (κ3) is 3.84. The van der Waals surface area contributed by atoms with E-state index in [1.165, 1.54) is 32.1 Å². The number of hydrogen-bond donors (Lipinski definition) is 0. The fourth-order valence-corrected chi connectivity index (χ4v) is 7.73. The normalized spacial score (nSPS) is 31.2. The summed E-state index contributed by atoms with van der Waals surface area (Å²) in [6, 6.07) is 0. The van der Waals surface area contributed by atoms with Crippen molar-refractivity contribution in [3.63, 3.8) is 0 Å². The first-order valence-electron chi connectivity index (χ1n) is 12.2. The quantitative estimate of drug-likeness (QED) is 0.423. The highest BCUT2D eigenvalue weighted by Crippen LogP contribution is 2.58. The number of hydrogen-bond acceptors (Lipinski definition) is 0. The maximum Gasteiger partial charge on any atom is -0.0319 e. The topological polar surface area (TPSA) is 0 Å². The first-order chi connectivity index (χ1) is 12.2. The van der Waals surface area contributed by atoms with Crippen LogP contribution in [0.4, 0.5) is 0 Å². The zero-order valence-corrected chi connectivity index (χ0v) is 17.4. The molecule has 0 N–H and O–H groups in total. The molecule has 0 aromatic heterocycles. The lowest BCUT2D eigenvalue weighted by molar-refractivity contribution is 0.00242. The third-order valence-electron chi connectivity index (χ3n) is 9.21. The summed E-state index contributed by atoms with van der Waals surface area (Å²) >= 11 is 0. The van der Waals surface area contributed by atoms with Crippen molar-refractivity contribution in [2.75, 3.05) is 0 Å². The summed E-state index contributed by atoms with van der Waals surface area (Å²) in [6.07, 6.45) is 20.1. The van der Waals surface area contributed by atoms with Gasteiger partial charge in [-0.15, -0.1) is 0 Å². The van der Waals surface area contributed by atoms with Gasteiger partial charge in [-0.25, -0.2) is 0 Å². The molecule has 0 radical (unpaired) electrons. The fraction of sp³-hybridized carbons (Fsp3) is 1.00. The van der Waals surface area contributed by atoms with Gasteiger partial charge in [-0.3, -0.25) is 0 Å². The van der Waals surface area contributed by atoms with E-state index in [9.17, 15) is 0 Å². The summed E-state index contributed by atoms with van der Waals surface area (Å²) in [6.45, 7) is 7.87. The van der Waals surface area contributed by atoms with Gasteiger partial charge < -0.3 is 0 Å². The first kappa shape index (κ1) is 18.4. The minimum Gasteiger partial charge on any atom is -0.0625 e. The highest BCUT2D eigenvalue weighted by Gasteiger charge is 2.50. The van der Waals surface area contributed by atoms with Crippen molar-refractivity contribution in [2.24, 2.45) is 53.3 Å². The van der Waals surface area contributed by atoms with Crippen LogP contribution in [0.5, 0.6) is 0 Å². The molecule has 0 amide bonds. The molecule has 4 aliphatic carbocycles. The third-order valence-corrected chi connectivity index (χ3v) is 9.21.